The zero-order valence-electron chi connectivity index (χ0n) is 14.7. The molecule has 1 unspecified atom stereocenters. The van der Waals surface area contributed by atoms with E-state index in [-0.39, 0.29) is 17.3 Å². The first-order chi connectivity index (χ1) is 12.7. The van der Waals surface area contributed by atoms with Crippen molar-refractivity contribution in [1.82, 2.24) is 14.9 Å². The Morgan fingerprint density at radius 3 is 2.73 bits per heavy atom. The van der Waals surface area contributed by atoms with E-state index in [0.717, 1.165) is 50.4 Å². The summed E-state index contributed by atoms with van der Waals surface area (Å²) in [5.41, 5.74) is 1.85. The first-order valence-corrected chi connectivity index (χ1v) is 9.08. The summed E-state index contributed by atoms with van der Waals surface area (Å²) in [4.78, 5) is 24.1. The summed E-state index contributed by atoms with van der Waals surface area (Å²) in [6.45, 7) is 5.39. The molecule has 138 valence electrons. The van der Waals surface area contributed by atoms with Crippen LogP contribution in [0.1, 0.15) is 23.6 Å². The molecule has 1 aromatic heterocycles. The van der Waals surface area contributed by atoms with Crippen LogP contribution in [0.15, 0.2) is 35.1 Å². The number of aromatic amines is 1. The van der Waals surface area contributed by atoms with Crippen LogP contribution in [0.25, 0.3) is 0 Å². The van der Waals surface area contributed by atoms with E-state index < -0.39 is 0 Å². The highest BCUT2D eigenvalue weighted by molar-refractivity contribution is 5.32. The zero-order valence-corrected chi connectivity index (χ0v) is 14.7. The van der Waals surface area contributed by atoms with Gasteiger partial charge in [-0.05, 0) is 30.7 Å². The Labute approximate surface area is 151 Å². The van der Waals surface area contributed by atoms with Crippen molar-refractivity contribution in [1.29, 1.82) is 0 Å². The lowest BCUT2D eigenvalue weighted by atomic mass is 10.0. The lowest BCUT2D eigenvalue weighted by Gasteiger charge is -2.27. The fourth-order valence-electron chi connectivity index (χ4n) is 3.66. The molecule has 0 amide bonds. The number of likely N-dealkylation sites (tertiary alicyclic amines) is 1. The van der Waals surface area contributed by atoms with E-state index in [2.05, 4.69) is 14.8 Å². The van der Waals surface area contributed by atoms with Crippen molar-refractivity contribution in [3.63, 3.8) is 0 Å². The molecule has 0 aliphatic carbocycles. The lowest BCUT2D eigenvalue weighted by molar-refractivity contribution is 0.122. The number of hydrogen-bond acceptors (Lipinski definition) is 5. The van der Waals surface area contributed by atoms with Gasteiger partial charge in [0, 0.05) is 38.2 Å². The SMILES string of the molecule is O=c1cc(C2CCN(Cc3ccc(F)cc3)C2)nc(N2CCOCC2)[nH]1. The fourth-order valence-corrected chi connectivity index (χ4v) is 3.66. The van der Waals surface area contributed by atoms with Gasteiger partial charge in [-0.3, -0.25) is 14.7 Å². The second-order valence-electron chi connectivity index (χ2n) is 6.94. The maximum atomic E-state index is 13.0. The minimum Gasteiger partial charge on any atom is -0.378 e. The third-order valence-corrected chi connectivity index (χ3v) is 5.07. The molecule has 1 aromatic carbocycles. The van der Waals surface area contributed by atoms with Crippen LogP contribution in [-0.4, -0.2) is 54.3 Å². The Morgan fingerprint density at radius 1 is 1.19 bits per heavy atom. The van der Waals surface area contributed by atoms with E-state index in [1.807, 2.05) is 12.1 Å². The van der Waals surface area contributed by atoms with Crippen molar-refractivity contribution in [2.75, 3.05) is 44.3 Å². The molecular weight excluding hydrogens is 335 g/mol. The van der Waals surface area contributed by atoms with Crippen molar-refractivity contribution < 1.29 is 9.13 Å². The van der Waals surface area contributed by atoms with Crippen molar-refractivity contribution in [3.8, 4) is 0 Å². The highest BCUT2D eigenvalue weighted by Gasteiger charge is 2.26. The number of rotatable bonds is 4. The van der Waals surface area contributed by atoms with Crippen molar-refractivity contribution in [3.05, 3.63) is 57.8 Å². The normalized spacial score (nSPS) is 21.3. The molecule has 2 aliphatic heterocycles. The number of morpholine rings is 1. The van der Waals surface area contributed by atoms with Gasteiger partial charge in [0.15, 0.2) is 0 Å². The molecule has 1 atom stereocenters. The molecule has 4 rings (SSSR count). The molecular formula is C19H23FN4O2. The van der Waals surface area contributed by atoms with Crippen LogP contribution in [0.2, 0.25) is 0 Å². The molecule has 0 saturated carbocycles. The van der Waals surface area contributed by atoms with Gasteiger partial charge < -0.3 is 9.64 Å². The number of hydrogen-bond donors (Lipinski definition) is 1. The van der Waals surface area contributed by atoms with Crippen molar-refractivity contribution in [2.24, 2.45) is 0 Å². The van der Waals surface area contributed by atoms with E-state index >= 15 is 0 Å². The first kappa shape index (κ1) is 17.2. The summed E-state index contributed by atoms with van der Waals surface area (Å²) >= 11 is 0. The third-order valence-electron chi connectivity index (χ3n) is 5.07. The Morgan fingerprint density at radius 2 is 1.96 bits per heavy atom. The van der Waals surface area contributed by atoms with Gasteiger partial charge >= 0.3 is 0 Å². The van der Waals surface area contributed by atoms with Gasteiger partial charge in [0.25, 0.3) is 5.56 Å². The van der Waals surface area contributed by atoms with Gasteiger partial charge in [-0.1, -0.05) is 12.1 Å². The van der Waals surface area contributed by atoms with Gasteiger partial charge in [0.05, 0.1) is 18.9 Å². The number of nitrogens with zero attached hydrogens (tertiary/aromatic N) is 3. The standard InChI is InChI=1S/C19H23FN4O2/c20-16-3-1-14(2-4-16)12-23-6-5-15(13-23)17-11-18(25)22-19(21-17)24-7-9-26-10-8-24/h1-4,11,15H,5-10,12-13H2,(H,21,22,25). The monoisotopic (exact) mass is 358 g/mol. The van der Waals surface area contributed by atoms with E-state index in [0.29, 0.717) is 19.2 Å². The fraction of sp³-hybridized carbons (Fsp3) is 0.474. The van der Waals surface area contributed by atoms with Crippen LogP contribution in [0.5, 0.6) is 0 Å². The Balaban J connectivity index is 1.45. The third kappa shape index (κ3) is 3.94. The number of aromatic nitrogens is 2. The number of halogens is 1. The Kier molecular flexibility index (Phi) is 4.99. The zero-order chi connectivity index (χ0) is 17.9. The lowest BCUT2D eigenvalue weighted by Crippen LogP contribution is -2.38. The second-order valence-corrected chi connectivity index (χ2v) is 6.94. The molecule has 2 aliphatic rings. The molecule has 3 heterocycles. The maximum Gasteiger partial charge on any atom is 0.252 e. The largest absolute Gasteiger partial charge is 0.378 e. The summed E-state index contributed by atoms with van der Waals surface area (Å²) < 4.78 is 18.4. The highest BCUT2D eigenvalue weighted by Crippen LogP contribution is 2.27. The highest BCUT2D eigenvalue weighted by atomic mass is 19.1. The number of benzene rings is 1. The first-order valence-electron chi connectivity index (χ1n) is 9.08. The summed E-state index contributed by atoms with van der Waals surface area (Å²) in [7, 11) is 0. The summed E-state index contributed by atoms with van der Waals surface area (Å²) in [6, 6.07) is 8.26. The smallest absolute Gasteiger partial charge is 0.252 e. The molecule has 0 bridgehead atoms. The molecule has 26 heavy (non-hydrogen) atoms. The van der Waals surface area contributed by atoms with E-state index in [1.165, 1.54) is 12.1 Å². The van der Waals surface area contributed by atoms with Crippen LogP contribution in [0.4, 0.5) is 10.3 Å². The van der Waals surface area contributed by atoms with Crippen LogP contribution >= 0.6 is 0 Å². The molecule has 7 heteroatoms. The van der Waals surface area contributed by atoms with Gasteiger partial charge in [-0.25, -0.2) is 9.37 Å². The predicted octanol–water partition coefficient (Wildman–Crippen LogP) is 1.74. The minimum atomic E-state index is -0.212. The quantitative estimate of drug-likeness (QED) is 0.902. The molecule has 0 radical (unpaired) electrons. The molecule has 2 fully saturated rings. The Hall–Kier alpha value is -2.25. The molecule has 2 saturated heterocycles. The van der Waals surface area contributed by atoms with E-state index in [9.17, 15) is 9.18 Å². The summed E-state index contributed by atoms with van der Waals surface area (Å²) in [6.07, 6.45) is 0.972. The van der Waals surface area contributed by atoms with Crippen LogP contribution in [0, 0.1) is 5.82 Å². The van der Waals surface area contributed by atoms with Crippen molar-refractivity contribution >= 4 is 5.95 Å². The summed E-state index contributed by atoms with van der Waals surface area (Å²) in [5, 5.41) is 0. The average molecular weight is 358 g/mol. The summed E-state index contributed by atoms with van der Waals surface area (Å²) in [5.74, 6) is 0.682. The van der Waals surface area contributed by atoms with Gasteiger partial charge in [-0.15, -0.1) is 0 Å². The molecule has 6 nitrogen and oxygen atoms in total. The maximum absolute atomic E-state index is 13.0. The molecule has 1 N–H and O–H groups in total. The van der Waals surface area contributed by atoms with Crippen LogP contribution in [-0.2, 0) is 11.3 Å². The Bertz CT molecular complexity index is 802. The number of anilines is 1. The average Bonchev–Trinajstić information content (AvgIpc) is 3.12. The van der Waals surface area contributed by atoms with Crippen molar-refractivity contribution in [2.45, 2.75) is 18.9 Å². The molecule has 2 aromatic rings. The number of H-pyrrole nitrogens is 1. The van der Waals surface area contributed by atoms with Gasteiger partial charge in [0.2, 0.25) is 5.95 Å². The van der Waals surface area contributed by atoms with Gasteiger partial charge in [-0.2, -0.15) is 0 Å². The predicted molar refractivity (Wildman–Crippen MR) is 96.9 cm³/mol. The number of nitrogens with one attached hydrogen (secondary N) is 1. The number of ether oxygens (including phenoxy) is 1. The van der Waals surface area contributed by atoms with Crippen LogP contribution in [0.3, 0.4) is 0 Å². The topological polar surface area (TPSA) is 61.5 Å². The molecule has 0 spiro atoms. The van der Waals surface area contributed by atoms with E-state index in [1.54, 1.807) is 6.07 Å². The minimum absolute atomic E-state index is 0.103. The van der Waals surface area contributed by atoms with Crippen LogP contribution < -0.4 is 10.5 Å². The second kappa shape index (κ2) is 7.55. The van der Waals surface area contributed by atoms with Gasteiger partial charge in [0.1, 0.15) is 5.82 Å². The van der Waals surface area contributed by atoms with E-state index in [4.69, 9.17) is 9.72 Å².